The van der Waals surface area contributed by atoms with Crippen LogP contribution in [0.4, 0.5) is 0 Å². The number of Topliss-reactive ketones (excluding diaryl/α,β-unsaturated/α-hetero) is 1. The Labute approximate surface area is 137 Å². The van der Waals surface area contributed by atoms with E-state index in [4.69, 9.17) is 16.3 Å². The molecular weight excluding hydrogens is 356 g/mol. The summed E-state index contributed by atoms with van der Waals surface area (Å²) in [4.78, 5) is 12.4. The number of hydrogen-bond acceptors (Lipinski definition) is 3. The number of nitrogens with zero attached hydrogens (tertiary/aromatic N) is 2. The van der Waals surface area contributed by atoms with E-state index in [0.29, 0.717) is 22.9 Å². The SMILES string of the molecule is CCn1nc(C)c(Cl)c1CC(=O)c1ccc(OC)c(Br)c1. The highest BCUT2D eigenvalue weighted by atomic mass is 79.9. The number of carbonyl (C=O) groups excluding carboxylic acids is 1. The molecule has 6 heteroatoms. The van der Waals surface area contributed by atoms with Gasteiger partial charge in [0.05, 0.1) is 34.4 Å². The Balaban J connectivity index is 2.28. The lowest BCUT2D eigenvalue weighted by atomic mass is 10.1. The Bertz CT molecular complexity index is 683. The lowest BCUT2D eigenvalue weighted by Crippen LogP contribution is -2.10. The van der Waals surface area contributed by atoms with Crippen LogP contribution in [-0.4, -0.2) is 22.7 Å². The number of ketones is 1. The smallest absolute Gasteiger partial charge is 0.168 e. The molecule has 21 heavy (non-hydrogen) atoms. The second-order valence-corrected chi connectivity index (χ2v) is 5.84. The molecule has 0 radical (unpaired) electrons. The van der Waals surface area contributed by atoms with Crippen molar-refractivity contribution in [3.63, 3.8) is 0 Å². The van der Waals surface area contributed by atoms with E-state index in [0.717, 1.165) is 15.9 Å². The van der Waals surface area contributed by atoms with Crippen LogP contribution < -0.4 is 4.74 Å². The highest BCUT2D eigenvalue weighted by Gasteiger charge is 2.17. The average molecular weight is 372 g/mol. The molecule has 0 saturated heterocycles. The predicted molar refractivity (Wildman–Crippen MR) is 86.4 cm³/mol. The van der Waals surface area contributed by atoms with Crippen molar-refractivity contribution < 1.29 is 9.53 Å². The van der Waals surface area contributed by atoms with Gasteiger partial charge in [-0.15, -0.1) is 0 Å². The zero-order valence-electron chi connectivity index (χ0n) is 12.1. The molecule has 0 saturated carbocycles. The van der Waals surface area contributed by atoms with Crippen LogP contribution in [0.3, 0.4) is 0 Å². The largest absolute Gasteiger partial charge is 0.496 e. The Hall–Kier alpha value is -1.33. The number of methoxy groups -OCH3 is 1. The van der Waals surface area contributed by atoms with Crippen molar-refractivity contribution in [1.29, 1.82) is 0 Å². The van der Waals surface area contributed by atoms with Crippen molar-refractivity contribution in [3.05, 3.63) is 44.6 Å². The van der Waals surface area contributed by atoms with Crippen LogP contribution in [0, 0.1) is 6.92 Å². The van der Waals surface area contributed by atoms with Crippen LogP contribution in [0.2, 0.25) is 5.02 Å². The summed E-state index contributed by atoms with van der Waals surface area (Å²) >= 11 is 9.63. The molecule has 0 spiro atoms. The molecule has 0 aliphatic rings. The number of rotatable bonds is 5. The summed E-state index contributed by atoms with van der Waals surface area (Å²) in [6.45, 7) is 4.50. The standard InChI is InChI=1S/C15H16BrClN2O2/c1-4-19-12(15(17)9(2)18-19)8-13(20)10-5-6-14(21-3)11(16)7-10/h5-7H,4,8H2,1-3H3. The molecule has 2 aromatic rings. The van der Waals surface area contributed by atoms with E-state index in [1.54, 1.807) is 30.0 Å². The molecule has 1 aromatic carbocycles. The van der Waals surface area contributed by atoms with Crippen molar-refractivity contribution in [2.24, 2.45) is 0 Å². The number of hydrogen-bond donors (Lipinski definition) is 0. The fourth-order valence-electron chi connectivity index (χ4n) is 2.13. The third kappa shape index (κ3) is 3.30. The van der Waals surface area contributed by atoms with Gasteiger partial charge in [-0.3, -0.25) is 9.48 Å². The van der Waals surface area contributed by atoms with Crippen LogP contribution in [0.25, 0.3) is 0 Å². The monoisotopic (exact) mass is 370 g/mol. The van der Waals surface area contributed by atoms with Crippen LogP contribution in [0.1, 0.15) is 28.7 Å². The zero-order valence-corrected chi connectivity index (χ0v) is 14.5. The summed E-state index contributed by atoms with van der Waals surface area (Å²) in [6.07, 6.45) is 0.228. The summed E-state index contributed by atoms with van der Waals surface area (Å²) in [6, 6.07) is 5.27. The third-order valence-corrected chi connectivity index (χ3v) is 4.37. The Morgan fingerprint density at radius 2 is 2.19 bits per heavy atom. The second-order valence-electron chi connectivity index (χ2n) is 4.61. The molecule has 0 aliphatic heterocycles. The Morgan fingerprint density at radius 3 is 2.76 bits per heavy atom. The molecular formula is C15H16BrClN2O2. The molecule has 0 N–H and O–H groups in total. The zero-order chi connectivity index (χ0) is 15.6. The molecule has 0 atom stereocenters. The van der Waals surface area contributed by atoms with E-state index in [9.17, 15) is 4.79 Å². The van der Waals surface area contributed by atoms with Crippen LogP contribution >= 0.6 is 27.5 Å². The van der Waals surface area contributed by atoms with Gasteiger partial charge < -0.3 is 4.74 Å². The molecule has 1 heterocycles. The topological polar surface area (TPSA) is 44.1 Å². The fourth-order valence-corrected chi connectivity index (χ4v) is 2.87. The summed E-state index contributed by atoms with van der Waals surface area (Å²) in [5.74, 6) is 0.689. The van der Waals surface area contributed by atoms with Crippen molar-refractivity contribution in [2.75, 3.05) is 7.11 Å². The number of benzene rings is 1. The molecule has 1 aromatic heterocycles. The first-order valence-electron chi connectivity index (χ1n) is 6.56. The van der Waals surface area contributed by atoms with Gasteiger partial charge in [0.2, 0.25) is 0 Å². The van der Waals surface area contributed by atoms with E-state index in [2.05, 4.69) is 21.0 Å². The number of aryl methyl sites for hydroxylation is 2. The van der Waals surface area contributed by atoms with Gasteiger partial charge in [-0.05, 0) is 48.0 Å². The van der Waals surface area contributed by atoms with E-state index < -0.39 is 0 Å². The molecule has 112 valence electrons. The molecule has 4 nitrogen and oxygen atoms in total. The predicted octanol–water partition coefficient (Wildman–Crippen LogP) is 4.06. The fraction of sp³-hybridized carbons (Fsp3) is 0.333. The minimum atomic E-state index is -0.00477. The highest BCUT2D eigenvalue weighted by molar-refractivity contribution is 9.10. The minimum Gasteiger partial charge on any atom is -0.496 e. The van der Waals surface area contributed by atoms with Gasteiger partial charge in [-0.2, -0.15) is 5.10 Å². The quantitative estimate of drug-likeness (QED) is 0.744. The van der Waals surface area contributed by atoms with E-state index in [-0.39, 0.29) is 12.2 Å². The number of carbonyl (C=O) groups is 1. The summed E-state index contributed by atoms with van der Waals surface area (Å²) in [5.41, 5.74) is 2.12. The van der Waals surface area contributed by atoms with Crippen LogP contribution in [-0.2, 0) is 13.0 Å². The van der Waals surface area contributed by atoms with Crippen molar-refractivity contribution >= 4 is 33.3 Å². The number of ether oxygens (including phenoxy) is 1. The summed E-state index contributed by atoms with van der Waals surface area (Å²) < 4.78 is 7.69. The minimum absolute atomic E-state index is 0.00477. The van der Waals surface area contributed by atoms with Gasteiger partial charge in [-0.25, -0.2) is 0 Å². The van der Waals surface area contributed by atoms with Crippen LogP contribution in [0.15, 0.2) is 22.7 Å². The van der Waals surface area contributed by atoms with Crippen LogP contribution in [0.5, 0.6) is 5.75 Å². The Kier molecular flexibility index (Phi) is 5.06. The second kappa shape index (κ2) is 6.62. The maximum atomic E-state index is 12.4. The third-order valence-electron chi connectivity index (χ3n) is 3.25. The first-order chi connectivity index (χ1) is 9.97. The molecule has 0 fully saturated rings. The highest BCUT2D eigenvalue weighted by Crippen LogP contribution is 2.27. The molecule has 0 amide bonds. The lowest BCUT2D eigenvalue weighted by molar-refractivity contribution is 0.0990. The summed E-state index contributed by atoms with van der Waals surface area (Å²) in [7, 11) is 1.59. The van der Waals surface area contributed by atoms with Gasteiger partial charge in [-0.1, -0.05) is 11.6 Å². The van der Waals surface area contributed by atoms with Crippen molar-refractivity contribution in [3.8, 4) is 5.75 Å². The van der Waals surface area contributed by atoms with E-state index >= 15 is 0 Å². The first kappa shape index (κ1) is 16.0. The maximum absolute atomic E-state index is 12.4. The molecule has 0 bridgehead atoms. The molecule has 0 aliphatic carbocycles. The average Bonchev–Trinajstić information content (AvgIpc) is 2.74. The molecule has 2 rings (SSSR count). The van der Waals surface area contributed by atoms with Crippen molar-refractivity contribution in [1.82, 2.24) is 9.78 Å². The lowest BCUT2D eigenvalue weighted by Gasteiger charge is -2.07. The van der Waals surface area contributed by atoms with Gasteiger partial charge in [0.1, 0.15) is 5.75 Å². The van der Waals surface area contributed by atoms with E-state index in [1.165, 1.54) is 0 Å². The van der Waals surface area contributed by atoms with Gasteiger partial charge in [0.25, 0.3) is 0 Å². The normalized spacial score (nSPS) is 10.7. The number of halogens is 2. The van der Waals surface area contributed by atoms with Gasteiger partial charge >= 0.3 is 0 Å². The van der Waals surface area contributed by atoms with Gasteiger partial charge in [0, 0.05) is 12.1 Å². The Morgan fingerprint density at radius 1 is 1.48 bits per heavy atom. The first-order valence-corrected chi connectivity index (χ1v) is 7.73. The summed E-state index contributed by atoms with van der Waals surface area (Å²) in [5, 5.41) is 4.89. The van der Waals surface area contributed by atoms with E-state index in [1.807, 2.05) is 13.8 Å². The van der Waals surface area contributed by atoms with Gasteiger partial charge in [0.15, 0.2) is 5.78 Å². The maximum Gasteiger partial charge on any atom is 0.168 e. The molecule has 0 unspecified atom stereocenters. The van der Waals surface area contributed by atoms with Crippen molar-refractivity contribution in [2.45, 2.75) is 26.8 Å². The number of aromatic nitrogens is 2.